The van der Waals surface area contributed by atoms with E-state index in [1.807, 2.05) is 11.1 Å². The lowest BCUT2D eigenvalue weighted by molar-refractivity contribution is -0.142. The molecule has 0 aliphatic carbocycles. The summed E-state index contributed by atoms with van der Waals surface area (Å²) in [7, 11) is 0. The van der Waals surface area contributed by atoms with E-state index in [2.05, 4.69) is 33.7 Å². The van der Waals surface area contributed by atoms with E-state index >= 15 is 0 Å². The van der Waals surface area contributed by atoms with Crippen molar-refractivity contribution < 1.29 is 14.0 Å². The lowest BCUT2D eigenvalue weighted by atomic mass is 9.84. The average molecular weight is 449 g/mol. The first-order valence-electron chi connectivity index (χ1n) is 11.6. The number of H-pyrrole nitrogens is 1. The summed E-state index contributed by atoms with van der Waals surface area (Å²) in [6.07, 6.45) is 6.79. The Morgan fingerprint density at radius 3 is 2.64 bits per heavy atom. The fraction of sp³-hybridized carbons (Fsp3) is 0.423. The fourth-order valence-corrected chi connectivity index (χ4v) is 5.60. The maximum atomic E-state index is 13.5. The molecule has 172 valence electrons. The number of fused-ring (bicyclic) bond motifs is 3. The van der Waals surface area contributed by atoms with Gasteiger partial charge >= 0.3 is 0 Å². The number of piperidine rings is 1. The highest BCUT2D eigenvalue weighted by Crippen LogP contribution is 2.41. The van der Waals surface area contributed by atoms with Gasteiger partial charge in [0.1, 0.15) is 11.4 Å². The summed E-state index contributed by atoms with van der Waals surface area (Å²) < 4.78 is 13.5. The number of amides is 2. The molecule has 2 N–H and O–H groups in total. The standard InChI is InChI=1S/C26H29FN4O2/c1-26(2,29-24(32)18-4-3-5-20(27)14-18)25(33)31-21-7-8-22(31)13-17(12-21)10-16-6-9-23-19(11-16)15-28-30-23/h3-6,9,11,14-15,17,21-22H,7-8,10,12-13H2,1-2H3,(H,28,30)(H,29,32). The van der Waals surface area contributed by atoms with Crippen molar-refractivity contribution >= 4 is 22.7 Å². The first-order chi connectivity index (χ1) is 15.8. The Kier molecular flexibility index (Phi) is 5.43. The second-order valence-electron chi connectivity index (χ2n) is 10.0. The summed E-state index contributed by atoms with van der Waals surface area (Å²) in [6, 6.07) is 12.4. The Bertz CT molecular complexity index is 1190. The van der Waals surface area contributed by atoms with Gasteiger partial charge in [-0.1, -0.05) is 12.1 Å². The molecule has 3 aromatic rings. The van der Waals surface area contributed by atoms with Gasteiger partial charge in [-0.3, -0.25) is 14.7 Å². The summed E-state index contributed by atoms with van der Waals surface area (Å²) in [4.78, 5) is 28.2. The van der Waals surface area contributed by atoms with Crippen molar-refractivity contribution in [1.82, 2.24) is 20.4 Å². The highest BCUT2D eigenvalue weighted by molar-refractivity contribution is 5.99. The number of hydrogen-bond donors (Lipinski definition) is 2. The third kappa shape index (κ3) is 4.24. The van der Waals surface area contributed by atoms with Gasteiger partial charge in [0.05, 0.1) is 11.7 Å². The predicted octanol–water partition coefficient (Wildman–Crippen LogP) is 4.22. The molecule has 7 heteroatoms. The number of benzene rings is 2. The highest BCUT2D eigenvalue weighted by Gasteiger charge is 2.47. The number of aromatic nitrogens is 2. The van der Waals surface area contributed by atoms with Crippen LogP contribution >= 0.6 is 0 Å². The van der Waals surface area contributed by atoms with Gasteiger partial charge in [0, 0.05) is 23.0 Å². The second kappa shape index (κ2) is 8.28. The molecule has 2 aliphatic heterocycles. The Labute approximate surface area is 192 Å². The molecule has 2 bridgehead atoms. The largest absolute Gasteiger partial charge is 0.338 e. The summed E-state index contributed by atoms with van der Waals surface area (Å²) in [5, 5.41) is 11.0. The minimum atomic E-state index is -1.07. The van der Waals surface area contributed by atoms with E-state index in [0.29, 0.717) is 5.92 Å². The molecular formula is C26H29FN4O2. The van der Waals surface area contributed by atoms with Crippen molar-refractivity contribution in [2.75, 3.05) is 0 Å². The van der Waals surface area contributed by atoms with Crippen LogP contribution in [0.5, 0.6) is 0 Å². The summed E-state index contributed by atoms with van der Waals surface area (Å²) in [6.45, 7) is 3.47. The van der Waals surface area contributed by atoms with E-state index in [4.69, 9.17) is 0 Å². The number of aromatic amines is 1. The molecule has 2 fully saturated rings. The molecular weight excluding hydrogens is 419 g/mol. The summed E-state index contributed by atoms with van der Waals surface area (Å²) in [5.74, 6) is -0.442. The average Bonchev–Trinajstić information content (AvgIpc) is 3.34. The lowest BCUT2D eigenvalue weighted by Gasteiger charge is -2.43. The molecule has 2 saturated heterocycles. The number of rotatable bonds is 5. The SMILES string of the molecule is CC(C)(NC(=O)c1cccc(F)c1)C(=O)N1C2CCC1CC(Cc1ccc3[nH]ncc3c1)C2. The van der Waals surface area contributed by atoms with Crippen LogP contribution in [0.1, 0.15) is 55.5 Å². The lowest BCUT2D eigenvalue weighted by Crippen LogP contribution is -2.60. The normalized spacial score (nSPS) is 22.5. The number of nitrogens with zero attached hydrogens (tertiary/aromatic N) is 2. The number of halogens is 1. The van der Waals surface area contributed by atoms with E-state index in [0.717, 1.165) is 43.0 Å². The summed E-state index contributed by atoms with van der Waals surface area (Å²) in [5.41, 5.74) is 1.49. The van der Waals surface area contributed by atoms with Crippen LogP contribution in [0, 0.1) is 11.7 Å². The van der Waals surface area contributed by atoms with Gasteiger partial charge in [-0.15, -0.1) is 0 Å². The molecule has 3 heterocycles. The van der Waals surface area contributed by atoms with E-state index < -0.39 is 17.3 Å². The monoisotopic (exact) mass is 448 g/mol. The van der Waals surface area contributed by atoms with Gasteiger partial charge < -0.3 is 10.2 Å². The first-order valence-corrected chi connectivity index (χ1v) is 11.6. The van der Waals surface area contributed by atoms with Crippen LogP contribution in [-0.2, 0) is 11.2 Å². The van der Waals surface area contributed by atoms with Gasteiger partial charge in [0.25, 0.3) is 5.91 Å². The van der Waals surface area contributed by atoms with Crippen molar-refractivity contribution in [1.29, 1.82) is 0 Å². The number of nitrogens with one attached hydrogen (secondary N) is 2. The van der Waals surface area contributed by atoms with Crippen LogP contribution < -0.4 is 5.32 Å². The van der Waals surface area contributed by atoms with E-state index in [1.165, 1.54) is 23.8 Å². The quantitative estimate of drug-likeness (QED) is 0.613. The van der Waals surface area contributed by atoms with Crippen LogP contribution in [0.15, 0.2) is 48.7 Å². The smallest absolute Gasteiger partial charge is 0.252 e. The Hall–Kier alpha value is -3.22. The third-order valence-corrected chi connectivity index (χ3v) is 7.14. The molecule has 33 heavy (non-hydrogen) atoms. The molecule has 0 saturated carbocycles. The molecule has 2 amide bonds. The topological polar surface area (TPSA) is 78.1 Å². The molecule has 0 spiro atoms. The Balaban J connectivity index is 1.25. The zero-order valence-corrected chi connectivity index (χ0v) is 19.0. The molecule has 6 nitrogen and oxygen atoms in total. The Morgan fingerprint density at radius 1 is 1.15 bits per heavy atom. The molecule has 2 aliphatic rings. The maximum Gasteiger partial charge on any atom is 0.252 e. The van der Waals surface area contributed by atoms with Crippen molar-refractivity contribution in [2.24, 2.45) is 5.92 Å². The predicted molar refractivity (Wildman–Crippen MR) is 124 cm³/mol. The number of carbonyl (C=O) groups is 2. The van der Waals surface area contributed by atoms with Crippen LogP contribution in [0.2, 0.25) is 0 Å². The molecule has 5 rings (SSSR count). The van der Waals surface area contributed by atoms with Crippen molar-refractivity contribution in [3.8, 4) is 0 Å². The van der Waals surface area contributed by atoms with Crippen LogP contribution in [0.25, 0.3) is 10.9 Å². The van der Waals surface area contributed by atoms with Gasteiger partial charge in [-0.25, -0.2) is 4.39 Å². The van der Waals surface area contributed by atoms with Gasteiger partial charge in [0.15, 0.2) is 0 Å². The summed E-state index contributed by atoms with van der Waals surface area (Å²) >= 11 is 0. The van der Waals surface area contributed by atoms with E-state index in [1.54, 1.807) is 19.9 Å². The number of hydrogen-bond acceptors (Lipinski definition) is 3. The first kappa shape index (κ1) is 21.6. The fourth-order valence-electron chi connectivity index (χ4n) is 5.60. The molecule has 2 unspecified atom stereocenters. The Morgan fingerprint density at radius 2 is 1.91 bits per heavy atom. The maximum absolute atomic E-state index is 13.5. The van der Waals surface area contributed by atoms with E-state index in [-0.39, 0.29) is 23.6 Å². The number of carbonyl (C=O) groups excluding carboxylic acids is 2. The zero-order chi connectivity index (χ0) is 23.2. The zero-order valence-electron chi connectivity index (χ0n) is 19.0. The van der Waals surface area contributed by atoms with Crippen LogP contribution in [-0.4, -0.2) is 44.5 Å². The van der Waals surface area contributed by atoms with Gasteiger partial charge in [-0.05, 0) is 87.8 Å². The second-order valence-corrected chi connectivity index (χ2v) is 10.0. The molecule has 2 aromatic carbocycles. The molecule has 2 atom stereocenters. The van der Waals surface area contributed by atoms with E-state index in [9.17, 15) is 14.0 Å². The highest BCUT2D eigenvalue weighted by atomic mass is 19.1. The minimum absolute atomic E-state index is 0.0574. The third-order valence-electron chi connectivity index (χ3n) is 7.14. The van der Waals surface area contributed by atoms with Crippen molar-refractivity contribution in [3.63, 3.8) is 0 Å². The van der Waals surface area contributed by atoms with Gasteiger partial charge in [-0.2, -0.15) is 5.10 Å². The van der Waals surface area contributed by atoms with Crippen molar-refractivity contribution in [3.05, 3.63) is 65.6 Å². The minimum Gasteiger partial charge on any atom is -0.338 e. The van der Waals surface area contributed by atoms with Gasteiger partial charge in [0.2, 0.25) is 5.91 Å². The van der Waals surface area contributed by atoms with Crippen LogP contribution in [0.3, 0.4) is 0 Å². The van der Waals surface area contributed by atoms with Crippen LogP contribution in [0.4, 0.5) is 4.39 Å². The molecule has 0 radical (unpaired) electrons. The molecule has 1 aromatic heterocycles. The van der Waals surface area contributed by atoms with Crippen molar-refractivity contribution in [2.45, 2.75) is 63.6 Å².